The van der Waals surface area contributed by atoms with Crippen molar-refractivity contribution in [2.24, 2.45) is 0 Å². The molecular formula is C25H31N5O3. The molecule has 0 aliphatic carbocycles. The first kappa shape index (κ1) is 22.6. The van der Waals surface area contributed by atoms with Crippen molar-refractivity contribution in [3.63, 3.8) is 0 Å². The molecule has 1 aliphatic rings. The summed E-state index contributed by atoms with van der Waals surface area (Å²) in [4.78, 5) is 40.2. The van der Waals surface area contributed by atoms with Crippen molar-refractivity contribution in [3.05, 3.63) is 59.0 Å². The molecule has 1 aliphatic heterocycles. The first-order valence-electron chi connectivity index (χ1n) is 11.6. The fourth-order valence-corrected chi connectivity index (χ4v) is 4.49. The highest BCUT2D eigenvalue weighted by Gasteiger charge is 2.17. The van der Waals surface area contributed by atoms with Gasteiger partial charge in [0.25, 0.3) is 0 Å². The summed E-state index contributed by atoms with van der Waals surface area (Å²) in [5.41, 5.74) is 3.19. The molecule has 0 saturated carbocycles. The Morgan fingerprint density at radius 2 is 1.67 bits per heavy atom. The molecule has 8 heteroatoms. The largest absolute Gasteiger partial charge is 0.371 e. The Hall–Kier alpha value is -3.55. The van der Waals surface area contributed by atoms with Gasteiger partial charge >= 0.3 is 5.69 Å². The number of imidazole rings is 1. The minimum absolute atomic E-state index is 0.0871. The number of hydrogen-bond acceptors (Lipinski definition) is 4. The molecule has 2 amide bonds. The number of rotatable bonds is 8. The zero-order valence-electron chi connectivity index (χ0n) is 19.2. The molecule has 1 aromatic heterocycles. The van der Waals surface area contributed by atoms with E-state index in [1.54, 1.807) is 11.5 Å². The summed E-state index contributed by atoms with van der Waals surface area (Å²) in [6, 6.07) is 14.9. The van der Waals surface area contributed by atoms with E-state index >= 15 is 0 Å². The van der Waals surface area contributed by atoms with Gasteiger partial charge in [-0.1, -0.05) is 18.2 Å². The maximum absolute atomic E-state index is 12.7. The third-order valence-electron chi connectivity index (χ3n) is 6.04. The van der Waals surface area contributed by atoms with E-state index in [1.807, 2.05) is 49.4 Å². The summed E-state index contributed by atoms with van der Waals surface area (Å²) >= 11 is 0. The van der Waals surface area contributed by atoms with Crippen molar-refractivity contribution in [2.45, 2.75) is 52.2 Å². The molecule has 33 heavy (non-hydrogen) atoms. The highest BCUT2D eigenvalue weighted by Crippen LogP contribution is 2.23. The number of anilines is 2. The first-order valence-corrected chi connectivity index (χ1v) is 11.6. The molecule has 0 spiro atoms. The second-order valence-electron chi connectivity index (χ2n) is 8.57. The van der Waals surface area contributed by atoms with Crippen LogP contribution in [0.1, 0.15) is 33.1 Å². The minimum Gasteiger partial charge on any atom is -0.371 e. The van der Waals surface area contributed by atoms with E-state index in [0.717, 1.165) is 35.5 Å². The number of nitrogens with zero attached hydrogens (tertiary/aromatic N) is 3. The standard InChI is InChI=1S/C25H31N5O3/c1-3-29-21-11-4-5-12-22(21)30(25(29)33)17-24(32)26-18(2)15-23(31)27-19-9-8-10-20(16-19)28-13-6-7-14-28/h4-5,8-12,16,18H,3,6-7,13-15,17H2,1-2H3,(H,26,32)(H,27,31). The van der Waals surface area contributed by atoms with Crippen LogP contribution in [0, 0.1) is 0 Å². The van der Waals surface area contributed by atoms with Gasteiger partial charge in [-0.15, -0.1) is 0 Å². The molecule has 2 heterocycles. The van der Waals surface area contributed by atoms with Crippen LogP contribution in [-0.4, -0.2) is 40.1 Å². The van der Waals surface area contributed by atoms with Gasteiger partial charge < -0.3 is 15.5 Å². The van der Waals surface area contributed by atoms with Gasteiger partial charge in [-0.2, -0.15) is 0 Å². The van der Waals surface area contributed by atoms with Gasteiger partial charge in [0.15, 0.2) is 0 Å². The van der Waals surface area contributed by atoms with E-state index in [2.05, 4.69) is 21.6 Å². The monoisotopic (exact) mass is 449 g/mol. The second-order valence-corrected chi connectivity index (χ2v) is 8.57. The first-order chi connectivity index (χ1) is 16.0. The Morgan fingerprint density at radius 1 is 0.970 bits per heavy atom. The quantitative estimate of drug-likeness (QED) is 0.553. The molecule has 2 aromatic carbocycles. The summed E-state index contributed by atoms with van der Waals surface area (Å²) < 4.78 is 3.13. The zero-order valence-corrected chi connectivity index (χ0v) is 19.2. The van der Waals surface area contributed by atoms with Crippen molar-refractivity contribution in [1.29, 1.82) is 0 Å². The van der Waals surface area contributed by atoms with Crippen LogP contribution in [0.2, 0.25) is 0 Å². The minimum atomic E-state index is -0.366. The van der Waals surface area contributed by atoms with Crippen LogP contribution < -0.4 is 21.2 Å². The van der Waals surface area contributed by atoms with Crippen molar-refractivity contribution in [1.82, 2.24) is 14.5 Å². The van der Waals surface area contributed by atoms with Crippen LogP contribution in [-0.2, 0) is 22.7 Å². The highest BCUT2D eigenvalue weighted by atomic mass is 16.2. The number of carbonyl (C=O) groups is 2. The lowest BCUT2D eigenvalue weighted by atomic mass is 10.2. The lowest BCUT2D eigenvalue weighted by molar-refractivity contribution is -0.122. The highest BCUT2D eigenvalue weighted by molar-refractivity contribution is 5.92. The van der Waals surface area contributed by atoms with Crippen molar-refractivity contribution in [2.75, 3.05) is 23.3 Å². The smallest absolute Gasteiger partial charge is 0.329 e. The number of para-hydroxylation sites is 2. The number of nitrogens with one attached hydrogen (secondary N) is 2. The van der Waals surface area contributed by atoms with Crippen LogP contribution in [0.4, 0.5) is 11.4 Å². The number of aryl methyl sites for hydroxylation is 1. The Bertz CT molecular complexity index is 1210. The fraction of sp³-hybridized carbons (Fsp3) is 0.400. The number of fused-ring (bicyclic) bond motifs is 1. The molecule has 1 unspecified atom stereocenters. The van der Waals surface area contributed by atoms with E-state index in [1.165, 1.54) is 17.4 Å². The summed E-state index contributed by atoms with van der Waals surface area (Å²) in [5, 5.41) is 5.77. The number of hydrogen-bond donors (Lipinski definition) is 2. The molecule has 1 fully saturated rings. The molecule has 0 bridgehead atoms. The van der Waals surface area contributed by atoms with Gasteiger partial charge in [-0.05, 0) is 57.0 Å². The van der Waals surface area contributed by atoms with Crippen molar-refractivity contribution in [3.8, 4) is 0 Å². The van der Waals surface area contributed by atoms with Gasteiger partial charge in [0, 0.05) is 43.5 Å². The average Bonchev–Trinajstić information content (AvgIpc) is 3.41. The number of aromatic nitrogens is 2. The van der Waals surface area contributed by atoms with Crippen LogP contribution in [0.25, 0.3) is 11.0 Å². The summed E-state index contributed by atoms with van der Waals surface area (Å²) in [7, 11) is 0. The molecular weight excluding hydrogens is 418 g/mol. The molecule has 174 valence electrons. The van der Waals surface area contributed by atoms with E-state index in [4.69, 9.17) is 0 Å². The Kier molecular flexibility index (Phi) is 6.82. The van der Waals surface area contributed by atoms with Crippen molar-refractivity contribution < 1.29 is 9.59 Å². The Balaban J connectivity index is 1.34. The predicted octanol–water partition coefficient (Wildman–Crippen LogP) is 2.96. The third-order valence-corrected chi connectivity index (χ3v) is 6.04. The molecule has 8 nitrogen and oxygen atoms in total. The van der Waals surface area contributed by atoms with Crippen LogP contribution in [0.15, 0.2) is 53.3 Å². The maximum atomic E-state index is 12.7. The molecule has 0 radical (unpaired) electrons. The maximum Gasteiger partial charge on any atom is 0.329 e. The van der Waals surface area contributed by atoms with Gasteiger partial charge in [0.2, 0.25) is 11.8 Å². The van der Waals surface area contributed by atoms with E-state index in [0.29, 0.717) is 6.54 Å². The zero-order chi connectivity index (χ0) is 23.4. The van der Waals surface area contributed by atoms with Gasteiger partial charge in [-0.3, -0.25) is 18.7 Å². The van der Waals surface area contributed by atoms with Gasteiger partial charge in [-0.25, -0.2) is 4.79 Å². The third kappa shape index (κ3) is 5.10. The number of carbonyl (C=O) groups excluding carboxylic acids is 2. The molecule has 4 rings (SSSR count). The molecule has 1 atom stereocenters. The normalized spacial score (nSPS) is 14.4. The molecule has 2 N–H and O–H groups in total. The number of amides is 2. The van der Waals surface area contributed by atoms with Crippen LogP contribution in [0.3, 0.4) is 0 Å². The van der Waals surface area contributed by atoms with Crippen molar-refractivity contribution >= 4 is 34.2 Å². The van der Waals surface area contributed by atoms with Gasteiger partial charge in [0.1, 0.15) is 6.54 Å². The van der Waals surface area contributed by atoms with Crippen LogP contribution >= 0.6 is 0 Å². The van der Waals surface area contributed by atoms with E-state index in [-0.39, 0.29) is 36.5 Å². The lowest BCUT2D eigenvalue weighted by Gasteiger charge is -2.19. The Morgan fingerprint density at radius 3 is 2.36 bits per heavy atom. The van der Waals surface area contributed by atoms with E-state index < -0.39 is 0 Å². The molecule has 1 saturated heterocycles. The summed E-state index contributed by atoms with van der Waals surface area (Å²) in [6.07, 6.45) is 2.53. The molecule has 3 aromatic rings. The fourth-order valence-electron chi connectivity index (χ4n) is 4.49. The lowest BCUT2D eigenvalue weighted by Crippen LogP contribution is -2.39. The summed E-state index contributed by atoms with van der Waals surface area (Å²) in [6.45, 7) is 6.22. The topological polar surface area (TPSA) is 88.4 Å². The average molecular weight is 450 g/mol. The van der Waals surface area contributed by atoms with Gasteiger partial charge in [0.05, 0.1) is 11.0 Å². The Labute approximate surface area is 193 Å². The van der Waals surface area contributed by atoms with E-state index in [9.17, 15) is 14.4 Å². The SMILES string of the molecule is CCn1c(=O)n(CC(=O)NC(C)CC(=O)Nc2cccc(N3CCCC3)c2)c2ccccc21. The predicted molar refractivity (Wildman–Crippen MR) is 131 cm³/mol. The number of benzene rings is 2. The summed E-state index contributed by atoms with van der Waals surface area (Å²) in [5.74, 6) is -0.464. The van der Waals surface area contributed by atoms with Crippen LogP contribution in [0.5, 0.6) is 0 Å². The second kappa shape index (κ2) is 9.94.